The molecular formula is C6H2N2O4. The first kappa shape index (κ1) is 6.84. The Morgan fingerprint density at radius 1 is 1.33 bits per heavy atom. The Labute approximate surface area is 65.9 Å². The molecule has 1 saturated heterocycles. The predicted octanol–water partition coefficient (Wildman–Crippen LogP) is -1.51. The summed E-state index contributed by atoms with van der Waals surface area (Å²) in [5.41, 5.74) is -0.215. The van der Waals surface area contributed by atoms with Crippen molar-refractivity contribution in [2.24, 2.45) is 9.98 Å². The first-order valence-electron chi connectivity index (χ1n) is 3.10. The normalized spacial score (nSPS) is 26.8. The lowest BCUT2D eigenvalue weighted by atomic mass is 10.2. The number of esters is 2. The van der Waals surface area contributed by atoms with E-state index in [0.717, 1.165) is 6.21 Å². The lowest BCUT2D eigenvalue weighted by Crippen LogP contribution is -2.27. The van der Waals surface area contributed by atoms with Gasteiger partial charge in [0.1, 0.15) is 0 Å². The van der Waals surface area contributed by atoms with E-state index in [9.17, 15) is 14.4 Å². The molecule has 0 spiro atoms. The number of fused-ring (bicyclic) bond motifs is 1. The second-order valence-electron chi connectivity index (χ2n) is 2.22. The predicted molar refractivity (Wildman–Crippen MR) is 35.8 cm³/mol. The number of carbonyl (C=O) groups is 3. The van der Waals surface area contributed by atoms with Crippen LogP contribution in [0.15, 0.2) is 9.98 Å². The average Bonchev–Trinajstić information content (AvgIpc) is 2.28. The summed E-state index contributed by atoms with van der Waals surface area (Å²) in [6, 6.07) is -1.02. The molecule has 1 atom stereocenters. The molecule has 60 valence electrons. The van der Waals surface area contributed by atoms with E-state index in [1.807, 2.05) is 0 Å². The van der Waals surface area contributed by atoms with Gasteiger partial charge in [-0.15, -0.1) is 0 Å². The molecule has 2 rings (SSSR count). The van der Waals surface area contributed by atoms with Gasteiger partial charge >= 0.3 is 11.9 Å². The molecule has 0 saturated carbocycles. The fourth-order valence-electron chi connectivity index (χ4n) is 0.947. The maximum atomic E-state index is 10.8. The number of hydrogen-bond donors (Lipinski definition) is 0. The van der Waals surface area contributed by atoms with E-state index in [0.29, 0.717) is 0 Å². The van der Waals surface area contributed by atoms with Gasteiger partial charge in [-0.25, -0.2) is 14.6 Å². The van der Waals surface area contributed by atoms with Gasteiger partial charge in [-0.1, -0.05) is 0 Å². The molecule has 6 heteroatoms. The molecule has 2 heterocycles. The third kappa shape index (κ3) is 0.777. The molecule has 1 unspecified atom stereocenters. The second kappa shape index (κ2) is 2.07. The van der Waals surface area contributed by atoms with Crippen molar-refractivity contribution in [1.82, 2.24) is 0 Å². The maximum Gasteiger partial charge on any atom is 0.363 e. The zero-order valence-electron chi connectivity index (χ0n) is 5.68. The van der Waals surface area contributed by atoms with Crippen LogP contribution in [0.25, 0.3) is 0 Å². The van der Waals surface area contributed by atoms with Gasteiger partial charge < -0.3 is 4.74 Å². The van der Waals surface area contributed by atoms with Crippen LogP contribution in [0, 0.1) is 0 Å². The van der Waals surface area contributed by atoms with Crippen molar-refractivity contribution in [2.75, 3.05) is 0 Å². The van der Waals surface area contributed by atoms with E-state index in [1.165, 1.54) is 0 Å². The number of rotatable bonds is 0. The molecule has 0 bridgehead atoms. The minimum Gasteiger partial charge on any atom is -0.387 e. The monoisotopic (exact) mass is 166 g/mol. The minimum absolute atomic E-state index is 0.215. The molecule has 0 aromatic rings. The Hall–Kier alpha value is -1.85. The number of ether oxygens (including phenoxy) is 1. The van der Waals surface area contributed by atoms with Gasteiger partial charge in [0.2, 0.25) is 0 Å². The van der Waals surface area contributed by atoms with Crippen molar-refractivity contribution in [1.29, 1.82) is 0 Å². The Bertz CT molecular complexity index is 355. The third-order valence-electron chi connectivity index (χ3n) is 1.45. The van der Waals surface area contributed by atoms with Gasteiger partial charge in [0.05, 0.1) is 6.21 Å². The molecule has 2 aliphatic rings. The van der Waals surface area contributed by atoms with Crippen molar-refractivity contribution < 1.29 is 19.1 Å². The zero-order chi connectivity index (χ0) is 8.72. The average molecular weight is 166 g/mol. The van der Waals surface area contributed by atoms with E-state index >= 15 is 0 Å². The van der Waals surface area contributed by atoms with E-state index in [1.54, 1.807) is 0 Å². The largest absolute Gasteiger partial charge is 0.387 e. The van der Waals surface area contributed by atoms with Crippen LogP contribution in [0.2, 0.25) is 0 Å². The van der Waals surface area contributed by atoms with E-state index in [4.69, 9.17) is 0 Å². The molecule has 6 nitrogen and oxygen atoms in total. The summed E-state index contributed by atoms with van der Waals surface area (Å²) < 4.78 is 4.18. The Kier molecular flexibility index (Phi) is 1.18. The van der Waals surface area contributed by atoms with Crippen LogP contribution in [-0.4, -0.2) is 35.8 Å². The van der Waals surface area contributed by atoms with Gasteiger partial charge in [-0.3, -0.25) is 9.79 Å². The fraction of sp³-hybridized carbons (Fsp3) is 0.167. The van der Waals surface area contributed by atoms with E-state index < -0.39 is 23.9 Å². The standard InChI is InChI=1S/C6H2N2O4/c9-2-1-7-3-4(8-2)6(11)12-5(3)10/h1,3H. The number of cyclic esters (lactones) is 2. The first-order chi connectivity index (χ1) is 5.68. The third-order valence-corrected chi connectivity index (χ3v) is 1.45. The SMILES string of the molecule is O=C1C=NC2C(=O)OC(=O)C2=N1. The van der Waals surface area contributed by atoms with E-state index in [2.05, 4.69) is 14.7 Å². The van der Waals surface area contributed by atoms with E-state index in [-0.39, 0.29) is 5.71 Å². The van der Waals surface area contributed by atoms with Gasteiger partial charge in [0.15, 0.2) is 11.8 Å². The highest BCUT2D eigenvalue weighted by molar-refractivity contribution is 6.52. The van der Waals surface area contributed by atoms with Crippen LogP contribution in [-0.2, 0) is 19.1 Å². The topological polar surface area (TPSA) is 85.2 Å². The molecule has 0 aromatic carbocycles. The highest BCUT2D eigenvalue weighted by Crippen LogP contribution is 2.12. The van der Waals surface area contributed by atoms with Crippen LogP contribution in [0.3, 0.4) is 0 Å². The van der Waals surface area contributed by atoms with Crippen molar-refractivity contribution >= 4 is 29.8 Å². The number of aliphatic imine (C=N–C) groups is 2. The molecule has 0 aliphatic carbocycles. The molecule has 12 heavy (non-hydrogen) atoms. The minimum atomic E-state index is -1.02. The van der Waals surface area contributed by atoms with Crippen molar-refractivity contribution in [3.8, 4) is 0 Å². The van der Waals surface area contributed by atoms with Crippen LogP contribution in [0.4, 0.5) is 0 Å². The Balaban J connectivity index is 2.47. The fourth-order valence-corrected chi connectivity index (χ4v) is 0.947. The second-order valence-corrected chi connectivity index (χ2v) is 2.22. The summed E-state index contributed by atoms with van der Waals surface area (Å²) in [6.07, 6.45) is 0.897. The highest BCUT2D eigenvalue weighted by atomic mass is 16.6. The molecule has 0 radical (unpaired) electrons. The molecular weight excluding hydrogens is 164 g/mol. The van der Waals surface area contributed by atoms with Gasteiger partial charge in [-0.05, 0) is 0 Å². The van der Waals surface area contributed by atoms with Crippen LogP contribution < -0.4 is 0 Å². The number of carbonyl (C=O) groups excluding carboxylic acids is 3. The summed E-state index contributed by atoms with van der Waals surface area (Å²) >= 11 is 0. The molecule has 0 N–H and O–H groups in total. The van der Waals surface area contributed by atoms with Gasteiger partial charge in [0, 0.05) is 0 Å². The maximum absolute atomic E-state index is 10.8. The van der Waals surface area contributed by atoms with Gasteiger partial charge in [-0.2, -0.15) is 0 Å². The first-order valence-corrected chi connectivity index (χ1v) is 3.10. The number of hydrogen-bond acceptors (Lipinski definition) is 5. The zero-order valence-corrected chi connectivity index (χ0v) is 5.68. The van der Waals surface area contributed by atoms with Crippen molar-refractivity contribution in [3.63, 3.8) is 0 Å². The molecule has 0 aromatic heterocycles. The summed E-state index contributed by atoms with van der Waals surface area (Å²) in [5.74, 6) is -2.30. The molecule has 2 aliphatic heterocycles. The number of nitrogens with zero attached hydrogens (tertiary/aromatic N) is 2. The van der Waals surface area contributed by atoms with Gasteiger partial charge in [0.25, 0.3) is 5.91 Å². The van der Waals surface area contributed by atoms with Crippen molar-refractivity contribution in [3.05, 3.63) is 0 Å². The summed E-state index contributed by atoms with van der Waals surface area (Å²) in [4.78, 5) is 39.0. The van der Waals surface area contributed by atoms with Crippen LogP contribution in [0.5, 0.6) is 0 Å². The lowest BCUT2D eigenvalue weighted by molar-refractivity contribution is -0.151. The smallest absolute Gasteiger partial charge is 0.363 e. The lowest BCUT2D eigenvalue weighted by Gasteiger charge is -2.00. The summed E-state index contributed by atoms with van der Waals surface area (Å²) in [7, 11) is 0. The highest BCUT2D eigenvalue weighted by Gasteiger charge is 2.42. The summed E-state index contributed by atoms with van der Waals surface area (Å²) in [6.45, 7) is 0. The van der Waals surface area contributed by atoms with Crippen LogP contribution >= 0.6 is 0 Å². The van der Waals surface area contributed by atoms with Crippen molar-refractivity contribution in [2.45, 2.75) is 6.04 Å². The Morgan fingerprint density at radius 3 is 2.83 bits per heavy atom. The quantitative estimate of drug-likeness (QED) is 0.323. The van der Waals surface area contributed by atoms with Crippen LogP contribution in [0.1, 0.15) is 0 Å². The number of amides is 1. The Morgan fingerprint density at radius 2 is 2.08 bits per heavy atom. The molecule has 1 amide bonds. The summed E-state index contributed by atoms with van der Waals surface area (Å²) in [5, 5.41) is 0. The molecule has 1 fully saturated rings.